The molecule has 23 heavy (non-hydrogen) atoms. The number of nitrogens with one attached hydrogen (secondary N) is 2. The highest BCUT2D eigenvalue weighted by atomic mass is 35.5. The van der Waals surface area contributed by atoms with Gasteiger partial charge in [-0.3, -0.25) is 4.79 Å². The van der Waals surface area contributed by atoms with Gasteiger partial charge in [0, 0.05) is 23.1 Å². The quantitative estimate of drug-likeness (QED) is 0.867. The van der Waals surface area contributed by atoms with Gasteiger partial charge < -0.3 is 15.5 Å². The Kier molecular flexibility index (Phi) is 6.54. The molecule has 1 aliphatic rings. The molecule has 126 valence electrons. The van der Waals surface area contributed by atoms with Crippen LogP contribution in [0.5, 0.6) is 0 Å². The van der Waals surface area contributed by atoms with Gasteiger partial charge in [0.05, 0.1) is 12.6 Å². The first-order valence-corrected chi connectivity index (χ1v) is 8.50. The van der Waals surface area contributed by atoms with E-state index in [-0.39, 0.29) is 18.5 Å². The maximum Gasteiger partial charge on any atom is 0.315 e. The molecule has 1 unspecified atom stereocenters. The molecule has 3 amide bonds. The molecule has 2 N–H and O–H groups in total. The van der Waals surface area contributed by atoms with E-state index < -0.39 is 6.03 Å². The molecular formula is C16H21Cl2N3O2. The van der Waals surface area contributed by atoms with Gasteiger partial charge in [0.2, 0.25) is 5.91 Å². The van der Waals surface area contributed by atoms with E-state index in [0.29, 0.717) is 10.0 Å². The average Bonchev–Trinajstić information content (AvgIpc) is 2.53. The van der Waals surface area contributed by atoms with Crippen LogP contribution >= 0.6 is 23.2 Å². The van der Waals surface area contributed by atoms with Gasteiger partial charge in [0.25, 0.3) is 0 Å². The van der Waals surface area contributed by atoms with Crippen molar-refractivity contribution in [3.63, 3.8) is 0 Å². The van der Waals surface area contributed by atoms with E-state index in [2.05, 4.69) is 10.6 Å². The Hall–Kier alpha value is -1.46. The molecule has 0 aromatic heterocycles. The van der Waals surface area contributed by atoms with Crippen LogP contribution in [0.1, 0.15) is 37.8 Å². The number of hydrogen-bond acceptors (Lipinski definition) is 2. The highest BCUT2D eigenvalue weighted by molar-refractivity contribution is 6.35. The largest absolute Gasteiger partial charge is 0.341 e. The van der Waals surface area contributed by atoms with E-state index in [9.17, 15) is 9.59 Å². The molecule has 5 nitrogen and oxygen atoms in total. The van der Waals surface area contributed by atoms with Gasteiger partial charge in [-0.1, -0.05) is 29.3 Å². The van der Waals surface area contributed by atoms with Crippen LogP contribution in [0.3, 0.4) is 0 Å². The highest BCUT2D eigenvalue weighted by Gasteiger charge is 2.18. The molecule has 0 bridgehead atoms. The smallest absolute Gasteiger partial charge is 0.315 e. The van der Waals surface area contributed by atoms with Crippen LogP contribution in [0, 0.1) is 0 Å². The second-order valence-corrected chi connectivity index (χ2v) is 6.50. The van der Waals surface area contributed by atoms with Gasteiger partial charge in [0.1, 0.15) is 0 Å². The second-order valence-electron chi connectivity index (χ2n) is 5.66. The molecule has 1 saturated heterocycles. The zero-order chi connectivity index (χ0) is 16.8. The number of hydrogen-bond donors (Lipinski definition) is 2. The molecule has 1 heterocycles. The zero-order valence-corrected chi connectivity index (χ0v) is 14.6. The zero-order valence-electron chi connectivity index (χ0n) is 13.1. The summed E-state index contributed by atoms with van der Waals surface area (Å²) in [5.74, 6) is -0.0444. The van der Waals surface area contributed by atoms with Crippen LogP contribution in [-0.2, 0) is 4.79 Å². The van der Waals surface area contributed by atoms with E-state index >= 15 is 0 Å². The third-order valence-corrected chi connectivity index (χ3v) is 4.45. The lowest BCUT2D eigenvalue weighted by Gasteiger charge is -2.26. The number of amides is 3. The SMILES string of the molecule is CC(NC(=O)NCC(=O)N1CCCCC1)c1ccc(Cl)cc1Cl. The van der Waals surface area contributed by atoms with E-state index in [4.69, 9.17) is 23.2 Å². The lowest BCUT2D eigenvalue weighted by atomic mass is 10.1. The Morgan fingerprint density at radius 3 is 2.57 bits per heavy atom. The predicted octanol–water partition coefficient (Wildman–Crippen LogP) is 3.37. The molecule has 0 radical (unpaired) electrons. The maximum atomic E-state index is 12.0. The summed E-state index contributed by atoms with van der Waals surface area (Å²) in [6, 6.07) is 4.44. The van der Waals surface area contributed by atoms with Gasteiger partial charge in [-0.25, -0.2) is 4.79 Å². The van der Waals surface area contributed by atoms with Crippen molar-refractivity contribution in [3.8, 4) is 0 Å². The van der Waals surface area contributed by atoms with E-state index in [1.54, 1.807) is 23.1 Å². The molecule has 1 aliphatic heterocycles. The summed E-state index contributed by atoms with van der Waals surface area (Å²) < 4.78 is 0. The van der Waals surface area contributed by atoms with Crippen LogP contribution in [0.25, 0.3) is 0 Å². The molecule has 1 fully saturated rings. The molecule has 7 heteroatoms. The summed E-state index contributed by atoms with van der Waals surface area (Å²) in [7, 11) is 0. The maximum absolute atomic E-state index is 12.0. The monoisotopic (exact) mass is 357 g/mol. The topological polar surface area (TPSA) is 61.4 Å². The minimum Gasteiger partial charge on any atom is -0.341 e. The second kappa shape index (κ2) is 8.41. The van der Waals surface area contributed by atoms with E-state index in [1.807, 2.05) is 6.92 Å². The standard InChI is InChI=1S/C16H21Cl2N3O2/c1-11(13-6-5-12(17)9-14(13)18)20-16(23)19-10-15(22)21-7-3-2-4-8-21/h5-6,9,11H,2-4,7-8,10H2,1H3,(H2,19,20,23). The first-order valence-electron chi connectivity index (χ1n) is 7.74. The first-order chi connectivity index (χ1) is 11.0. The van der Waals surface area contributed by atoms with Crippen molar-refractivity contribution in [2.24, 2.45) is 0 Å². The fraction of sp³-hybridized carbons (Fsp3) is 0.500. The van der Waals surface area contributed by atoms with Crippen LogP contribution in [0.15, 0.2) is 18.2 Å². The molecule has 1 aromatic carbocycles. The van der Waals surface area contributed by atoms with E-state index in [1.165, 1.54) is 0 Å². The number of carbonyl (C=O) groups is 2. The van der Waals surface area contributed by atoms with Crippen molar-refractivity contribution in [2.75, 3.05) is 19.6 Å². The molecule has 0 aliphatic carbocycles. The average molecular weight is 358 g/mol. The van der Waals surface area contributed by atoms with Crippen LogP contribution in [-0.4, -0.2) is 36.5 Å². The number of rotatable bonds is 4. The Morgan fingerprint density at radius 1 is 1.22 bits per heavy atom. The number of piperidine rings is 1. The fourth-order valence-corrected chi connectivity index (χ4v) is 3.16. The minimum atomic E-state index is -0.395. The number of likely N-dealkylation sites (tertiary alicyclic amines) is 1. The Labute approximate surface area is 146 Å². The van der Waals surface area contributed by atoms with Crippen molar-refractivity contribution in [2.45, 2.75) is 32.2 Å². The number of halogens is 2. The third-order valence-electron chi connectivity index (χ3n) is 3.89. The van der Waals surface area contributed by atoms with Crippen LogP contribution in [0.2, 0.25) is 10.0 Å². The Bertz CT molecular complexity index is 574. The summed E-state index contributed by atoms with van der Waals surface area (Å²) >= 11 is 12.0. The summed E-state index contributed by atoms with van der Waals surface area (Å²) in [6.07, 6.45) is 3.23. The van der Waals surface area contributed by atoms with Crippen molar-refractivity contribution in [3.05, 3.63) is 33.8 Å². The van der Waals surface area contributed by atoms with Gasteiger partial charge >= 0.3 is 6.03 Å². The molecule has 0 saturated carbocycles. The lowest BCUT2D eigenvalue weighted by Crippen LogP contribution is -2.45. The third kappa shape index (κ3) is 5.29. The molecular weight excluding hydrogens is 337 g/mol. The first kappa shape index (κ1) is 17.9. The van der Waals surface area contributed by atoms with E-state index in [0.717, 1.165) is 37.9 Å². The summed E-state index contributed by atoms with van der Waals surface area (Å²) in [6.45, 7) is 3.38. The number of benzene rings is 1. The van der Waals surface area contributed by atoms with Gasteiger partial charge in [0.15, 0.2) is 0 Å². The van der Waals surface area contributed by atoms with Crippen molar-refractivity contribution in [1.82, 2.24) is 15.5 Å². The van der Waals surface area contributed by atoms with Gasteiger partial charge in [-0.2, -0.15) is 0 Å². The molecule has 1 aromatic rings. The highest BCUT2D eigenvalue weighted by Crippen LogP contribution is 2.25. The molecule has 2 rings (SSSR count). The molecule has 1 atom stereocenters. The minimum absolute atomic E-state index is 0.00685. The number of carbonyl (C=O) groups excluding carboxylic acids is 2. The lowest BCUT2D eigenvalue weighted by molar-refractivity contribution is -0.130. The van der Waals surface area contributed by atoms with Crippen molar-refractivity contribution < 1.29 is 9.59 Å². The van der Waals surface area contributed by atoms with Crippen LogP contribution < -0.4 is 10.6 Å². The summed E-state index contributed by atoms with van der Waals surface area (Å²) in [5, 5.41) is 6.41. The summed E-state index contributed by atoms with van der Waals surface area (Å²) in [4.78, 5) is 25.7. The summed E-state index contributed by atoms with van der Waals surface area (Å²) in [5.41, 5.74) is 0.772. The molecule has 0 spiro atoms. The fourth-order valence-electron chi connectivity index (χ4n) is 2.59. The Balaban J connectivity index is 1.80. The van der Waals surface area contributed by atoms with Crippen LogP contribution in [0.4, 0.5) is 4.79 Å². The van der Waals surface area contributed by atoms with Crippen molar-refractivity contribution >= 4 is 35.1 Å². The Morgan fingerprint density at radius 2 is 1.91 bits per heavy atom. The van der Waals surface area contributed by atoms with Crippen molar-refractivity contribution in [1.29, 1.82) is 0 Å². The number of urea groups is 1. The predicted molar refractivity (Wildman–Crippen MR) is 91.8 cm³/mol. The van der Waals surface area contributed by atoms with Gasteiger partial charge in [-0.05, 0) is 43.9 Å². The van der Waals surface area contributed by atoms with Gasteiger partial charge in [-0.15, -0.1) is 0 Å². The number of nitrogens with zero attached hydrogens (tertiary/aromatic N) is 1. The normalized spacial score (nSPS) is 15.9.